The summed E-state index contributed by atoms with van der Waals surface area (Å²) in [6.45, 7) is 9.47. The summed E-state index contributed by atoms with van der Waals surface area (Å²) in [4.78, 5) is 18.5. The van der Waals surface area contributed by atoms with Crippen LogP contribution in [0.15, 0.2) is 67.3 Å². The summed E-state index contributed by atoms with van der Waals surface area (Å²) in [6.07, 6.45) is 12.7. The molecular formula is C33H44N6O2. The molecule has 6 heterocycles. The molecule has 3 aromatic rings. The topological polar surface area (TPSA) is 57.2 Å². The Bertz CT molecular complexity index is 1310. The van der Waals surface area contributed by atoms with Crippen LogP contribution >= 0.6 is 0 Å². The van der Waals surface area contributed by atoms with E-state index in [4.69, 9.17) is 9.47 Å². The van der Waals surface area contributed by atoms with Crippen LogP contribution in [0.5, 0.6) is 17.2 Å². The monoisotopic (exact) mass is 556 g/mol. The van der Waals surface area contributed by atoms with E-state index in [0.717, 1.165) is 43.4 Å². The molecule has 2 spiro atoms. The number of hydrogen-bond acceptors (Lipinski definition) is 8. The highest BCUT2D eigenvalue weighted by molar-refractivity contribution is 5.51. The van der Waals surface area contributed by atoms with Crippen LogP contribution in [0.4, 0.5) is 11.4 Å². The van der Waals surface area contributed by atoms with Gasteiger partial charge in [-0.1, -0.05) is 18.2 Å². The molecule has 0 radical (unpaired) electrons. The first-order valence-electron chi connectivity index (χ1n) is 15.0. The summed E-state index contributed by atoms with van der Waals surface area (Å²) < 4.78 is 11.2. The van der Waals surface area contributed by atoms with Gasteiger partial charge in [-0.3, -0.25) is 9.97 Å². The van der Waals surface area contributed by atoms with Gasteiger partial charge in [0.15, 0.2) is 0 Å². The zero-order valence-electron chi connectivity index (χ0n) is 24.8. The molecule has 0 bridgehead atoms. The predicted molar refractivity (Wildman–Crippen MR) is 164 cm³/mol. The molecule has 2 aromatic heterocycles. The second-order valence-corrected chi connectivity index (χ2v) is 12.7. The number of nitrogens with zero attached hydrogens (tertiary/aromatic N) is 6. The minimum Gasteiger partial charge on any atom is -0.495 e. The molecule has 2 atom stereocenters. The van der Waals surface area contributed by atoms with Crippen LogP contribution in [-0.2, 0) is 0 Å². The number of anilines is 2. The van der Waals surface area contributed by atoms with Crippen molar-refractivity contribution in [1.29, 1.82) is 0 Å². The summed E-state index contributed by atoms with van der Waals surface area (Å²) in [5.41, 5.74) is 3.36. The first kappa shape index (κ1) is 27.8. The molecule has 2 unspecified atom stereocenters. The maximum absolute atomic E-state index is 5.92. The fourth-order valence-electron chi connectivity index (χ4n) is 7.25. The normalized spacial score (nSPS) is 26.1. The zero-order chi connectivity index (χ0) is 28.3. The van der Waals surface area contributed by atoms with Gasteiger partial charge in [-0.15, -0.1) is 0 Å². The van der Waals surface area contributed by atoms with E-state index in [-0.39, 0.29) is 0 Å². The van der Waals surface area contributed by atoms with Crippen molar-refractivity contribution in [2.75, 3.05) is 83.4 Å². The lowest BCUT2D eigenvalue weighted by Crippen LogP contribution is -2.29. The predicted octanol–water partition coefficient (Wildman–Crippen LogP) is 5.03. The number of pyridine rings is 2. The fourth-order valence-corrected chi connectivity index (χ4v) is 7.25. The highest BCUT2D eigenvalue weighted by Gasteiger charge is 2.43. The second kappa shape index (κ2) is 11.9. The number of likely N-dealkylation sites (tertiary alicyclic amines) is 2. The molecule has 8 nitrogen and oxygen atoms in total. The van der Waals surface area contributed by atoms with Gasteiger partial charge in [-0.25, -0.2) is 0 Å². The van der Waals surface area contributed by atoms with Crippen molar-refractivity contribution >= 4 is 11.4 Å². The van der Waals surface area contributed by atoms with Crippen molar-refractivity contribution in [3.63, 3.8) is 0 Å². The van der Waals surface area contributed by atoms with Crippen molar-refractivity contribution in [2.45, 2.75) is 25.7 Å². The lowest BCUT2D eigenvalue weighted by Gasteiger charge is -2.25. The number of para-hydroxylation sites is 1. The largest absolute Gasteiger partial charge is 0.495 e. The quantitative estimate of drug-likeness (QED) is 0.434. The Balaban J connectivity index is 0.000000152. The molecule has 1 aromatic carbocycles. The first-order chi connectivity index (χ1) is 19.9. The summed E-state index contributed by atoms with van der Waals surface area (Å²) >= 11 is 0. The fraction of sp³-hybridized carbons (Fsp3) is 0.515. The Morgan fingerprint density at radius 2 is 1.12 bits per heavy atom. The number of benzene rings is 1. The minimum absolute atomic E-state index is 0.477. The SMILES string of the molecule is CN1CCC2(CCN(c3cncc(Oc4ccccc4)c3)C2)C1.COc1cncc(N2CCC3(CCN(C)C3)C2)c1. The van der Waals surface area contributed by atoms with Crippen LogP contribution in [0.25, 0.3) is 0 Å². The summed E-state index contributed by atoms with van der Waals surface area (Å²) in [5, 5.41) is 0. The molecule has 0 amide bonds. The van der Waals surface area contributed by atoms with E-state index in [1.807, 2.05) is 42.7 Å². The number of hydrogen-bond donors (Lipinski definition) is 0. The molecule has 4 aliphatic rings. The van der Waals surface area contributed by atoms with E-state index >= 15 is 0 Å². The number of rotatable bonds is 5. The summed E-state index contributed by atoms with van der Waals surface area (Å²) in [5.74, 6) is 2.50. The Kier molecular flexibility index (Phi) is 8.04. The highest BCUT2D eigenvalue weighted by atomic mass is 16.5. The van der Waals surface area contributed by atoms with Crippen molar-refractivity contribution in [3.05, 3.63) is 67.3 Å². The molecule has 0 aliphatic carbocycles. The molecule has 7 rings (SSSR count). The Morgan fingerprint density at radius 1 is 0.610 bits per heavy atom. The number of methoxy groups -OCH3 is 1. The average molecular weight is 557 g/mol. The van der Waals surface area contributed by atoms with E-state index < -0.39 is 0 Å². The van der Waals surface area contributed by atoms with Crippen LogP contribution in [-0.4, -0.2) is 93.3 Å². The van der Waals surface area contributed by atoms with Crippen LogP contribution < -0.4 is 19.3 Å². The molecule has 218 valence electrons. The van der Waals surface area contributed by atoms with Gasteiger partial charge >= 0.3 is 0 Å². The smallest absolute Gasteiger partial charge is 0.147 e. The maximum Gasteiger partial charge on any atom is 0.147 e. The van der Waals surface area contributed by atoms with Gasteiger partial charge in [0.05, 0.1) is 43.3 Å². The minimum atomic E-state index is 0.477. The molecule has 4 fully saturated rings. The van der Waals surface area contributed by atoms with Gasteiger partial charge in [-0.05, 0) is 65.0 Å². The van der Waals surface area contributed by atoms with Gasteiger partial charge in [0.2, 0.25) is 0 Å². The Morgan fingerprint density at radius 3 is 1.63 bits per heavy atom. The Labute approximate surface area is 244 Å². The zero-order valence-corrected chi connectivity index (χ0v) is 24.8. The van der Waals surface area contributed by atoms with Gasteiger partial charge in [0, 0.05) is 62.2 Å². The van der Waals surface area contributed by atoms with E-state index in [2.05, 4.69) is 55.8 Å². The van der Waals surface area contributed by atoms with E-state index in [0.29, 0.717) is 10.8 Å². The Hall–Kier alpha value is -3.36. The van der Waals surface area contributed by atoms with Gasteiger partial charge < -0.3 is 29.1 Å². The third kappa shape index (κ3) is 6.44. The average Bonchev–Trinajstić information content (AvgIpc) is 3.79. The first-order valence-corrected chi connectivity index (χ1v) is 15.0. The van der Waals surface area contributed by atoms with Crippen LogP contribution in [0.2, 0.25) is 0 Å². The van der Waals surface area contributed by atoms with Crippen LogP contribution in [0.1, 0.15) is 25.7 Å². The van der Waals surface area contributed by atoms with E-state index in [1.54, 1.807) is 19.5 Å². The molecule has 0 N–H and O–H groups in total. The van der Waals surface area contributed by atoms with Gasteiger partial charge in [0.25, 0.3) is 0 Å². The van der Waals surface area contributed by atoms with E-state index in [9.17, 15) is 0 Å². The maximum atomic E-state index is 5.92. The summed E-state index contributed by atoms with van der Waals surface area (Å²) in [7, 11) is 6.15. The third-order valence-corrected chi connectivity index (χ3v) is 9.48. The molecule has 0 saturated carbocycles. The van der Waals surface area contributed by atoms with Crippen molar-refractivity contribution in [2.24, 2.45) is 10.8 Å². The lowest BCUT2D eigenvalue weighted by atomic mass is 9.86. The standard InChI is InChI=1S/C19H23N3O.C14H21N3O/c1-21-9-7-19(14-21)8-10-22(15-19)16-11-18(13-20-12-16)23-17-5-3-2-4-6-17;1-16-5-3-14(10-16)4-6-17(11-14)12-7-13(18-2)9-15-8-12/h2-6,11-13H,7-10,14-15H2,1H3;7-9H,3-6,10-11H2,1-2H3. The van der Waals surface area contributed by atoms with Gasteiger partial charge in [-0.2, -0.15) is 0 Å². The van der Waals surface area contributed by atoms with Crippen molar-refractivity contribution in [3.8, 4) is 17.2 Å². The summed E-state index contributed by atoms with van der Waals surface area (Å²) in [6, 6.07) is 14.1. The second-order valence-electron chi connectivity index (χ2n) is 12.7. The number of aromatic nitrogens is 2. The molecule has 4 saturated heterocycles. The van der Waals surface area contributed by atoms with Crippen LogP contribution in [0.3, 0.4) is 0 Å². The van der Waals surface area contributed by atoms with Crippen LogP contribution in [0, 0.1) is 10.8 Å². The lowest BCUT2D eigenvalue weighted by molar-refractivity contribution is 0.312. The molecule has 41 heavy (non-hydrogen) atoms. The van der Waals surface area contributed by atoms with E-state index in [1.165, 1.54) is 63.2 Å². The van der Waals surface area contributed by atoms with Gasteiger partial charge in [0.1, 0.15) is 17.2 Å². The molecular weight excluding hydrogens is 512 g/mol. The molecule has 4 aliphatic heterocycles. The highest BCUT2D eigenvalue weighted by Crippen LogP contribution is 2.42. The molecule has 8 heteroatoms. The number of ether oxygens (including phenoxy) is 2. The third-order valence-electron chi connectivity index (χ3n) is 9.48. The van der Waals surface area contributed by atoms with Crippen molar-refractivity contribution < 1.29 is 9.47 Å². The van der Waals surface area contributed by atoms with Crippen molar-refractivity contribution in [1.82, 2.24) is 19.8 Å².